The van der Waals surface area contributed by atoms with Gasteiger partial charge in [0.2, 0.25) is 0 Å². The highest BCUT2D eigenvalue weighted by Gasteiger charge is 2.18. The lowest BCUT2D eigenvalue weighted by Gasteiger charge is -2.32. The van der Waals surface area contributed by atoms with Crippen molar-refractivity contribution in [3.63, 3.8) is 0 Å². The average molecular weight is 533 g/mol. The van der Waals surface area contributed by atoms with Crippen LogP contribution in [0.25, 0.3) is 0 Å². The molecule has 168 valence electrons. The van der Waals surface area contributed by atoms with Gasteiger partial charge in [-0.25, -0.2) is 4.99 Å². The summed E-state index contributed by atoms with van der Waals surface area (Å²) in [6.45, 7) is 9.34. The number of hydrogen-bond acceptors (Lipinski definition) is 6. The van der Waals surface area contributed by atoms with Gasteiger partial charge >= 0.3 is 0 Å². The topological polar surface area (TPSA) is 101 Å². The van der Waals surface area contributed by atoms with Crippen molar-refractivity contribution < 1.29 is 14.4 Å². The minimum Gasteiger partial charge on any atom is -0.381 e. The van der Waals surface area contributed by atoms with Crippen molar-refractivity contribution in [1.82, 2.24) is 15.5 Å². The number of guanidine groups is 1. The number of aliphatic imine (C=N–C) groups is 1. The first-order valence-corrected chi connectivity index (χ1v) is 10.3. The van der Waals surface area contributed by atoms with Gasteiger partial charge in [-0.3, -0.25) is 15.0 Å². The normalized spacial score (nSPS) is 21.0. The molecular formula is C20H32IN5O4. The fourth-order valence-electron chi connectivity index (χ4n) is 3.44. The number of nitro groups is 1. The Hall–Kier alpha value is -1.50. The highest BCUT2D eigenvalue weighted by atomic mass is 127. The number of halogens is 1. The fourth-order valence-corrected chi connectivity index (χ4v) is 3.44. The van der Waals surface area contributed by atoms with Crippen LogP contribution in [0.15, 0.2) is 29.3 Å². The molecule has 2 aliphatic heterocycles. The molecule has 0 amide bonds. The van der Waals surface area contributed by atoms with Crippen LogP contribution in [-0.2, 0) is 16.0 Å². The number of nitrogens with zero attached hydrogens (tertiary/aromatic N) is 3. The second-order valence-electron chi connectivity index (χ2n) is 7.58. The maximum atomic E-state index is 10.8. The molecule has 0 aliphatic carbocycles. The first-order chi connectivity index (χ1) is 14.1. The zero-order chi connectivity index (χ0) is 20.5. The van der Waals surface area contributed by atoms with E-state index >= 15 is 0 Å². The van der Waals surface area contributed by atoms with Crippen molar-refractivity contribution in [2.24, 2.45) is 10.9 Å². The largest absolute Gasteiger partial charge is 0.381 e. The molecule has 0 bridgehead atoms. The van der Waals surface area contributed by atoms with Gasteiger partial charge < -0.3 is 20.1 Å². The van der Waals surface area contributed by atoms with E-state index in [0.717, 1.165) is 70.6 Å². The molecule has 3 rings (SSSR count). The van der Waals surface area contributed by atoms with E-state index in [4.69, 9.17) is 9.47 Å². The number of non-ortho nitro benzene ring substituents is 1. The van der Waals surface area contributed by atoms with Crippen molar-refractivity contribution in [2.75, 3.05) is 52.6 Å². The maximum Gasteiger partial charge on any atom is 0.269 e. The Labute approximate surface area is 194 Å². The van der Waals surface area contributed by atoms with Gasteiger partial charge in [0.25, 0.3) is 5.69 Å². The van der Waals surface area contributed by atoms with E-state index in [0.29, 0.717) is 18.5 Å². The lowest BCUT2D eigenvalue weighted by molar-refractivity contribution is -0.384. The van der Waals surface area contributed by atoms with E-state index in [1.165, 1.54) is 12.1 Å². The molecule has 0 spiro atoms. The molecule has 30 heavy (non-hydrogen) atoms. The average Bonchev–Trinajstić information content (AvgIpc) is 3.27. The molecule has 9 nitrogen and oxygen atoms in total. The molecule has 1 aromatic carbocycles. The Morgan fingerprint density at radius 1 is 1.23 bits per heavy atom. The molecule has 10 heteroatoms. The van der Waals surface area contributed by atoms with Gasteiger partial charge in [-0.2, -0.15) is 0 Å². The highest BCUT2D eigenvalue weighted by molar-refractivity contribution is 14.0. The number of benzene rings is 1. The maximum absolute atomic E-state index is 10.8. The van der Waals surface area contributed by atoms with Crippen LogP contribution in [0.1, 0.15) is 18.9 Å². The van der Waals surface area contributed by atoms with Crippen molar-refractivity contribution >= 4 is 35.6 Å². The Bertz CT molecular complexity index is 676. The third-order valence-electron chi connectivity index (χ3n) is 5.38. The number of nitrogens with one attached hydrogen (secondary N) is 2. The van der Waals surface area contributed by atoms with Gasteiger partial charge in [0.1, 0.15) is 0 Å². The number of rotatable bonds is 8. The molecule has 2 fully saturated rings. The lowest BCUT2D eigenvalue weighted by atomic mass is 10.1. The quantitative estimate of drug-likeness (QED) is 0.173. The molecule has 2 aliphatic rings. The Morgan fingerprint density at radius 2 is 1.97 bits per heavy atom. The molecule has 2 atom stereocenters. The van der Waals surface area contributed by atoms with Crippen LogP contribution in [0.4, 0.5) is 5.69 Å². The Morgan fingerprint density at radius 3 is 2.60 bits per heavy atom. The minimum absolute atomic E-state index is 0. The van der Waals surface area contributed by atoms with Gasteiger partial charge in [-0.05, 0) is 18.9 Å². The van der Waals surface area contributed by atoms with Gasteiger partial charge in [0, 0.05) is 56.9 Å². The van der Waals surface area contributed by atoms with Crippen LogP contribution in [0.3, 0.4) is 0 Å². The van der Waals surface area contributed by atoms with Crippen LogP contribution in [0.2, 0.25) is 0 Å². The zero-order valence-electron chi connectivity index (χ0n) is 17.4. The summed E-state index contributed by atoms with van der Waals surface area (Å²) in [4.78, 5) is 17.5. The van der Waals surface area contributed by atoms with Crippen LogP contribution in [0, 0.1) is 16.0 Å². The first kappa shape index (κ1) is 24.8. The SMILES string of the molecule is CC(CNC(=NCc1ccc([N+](=O)[O-])cc1)NCC1CCOC1)N1CCOCC1.I. The van der Waals surface area contributed by atoms with Gasteiger partial charge in [0.15, 0.2) is 5.96 Å². The molecule has 2 saturated heterocycles. The summed E-state index contributed by atoms with van der Waals surface area (Å²) >= 11 is 0. The third-order valence-corrected chi connectivity index (χ3v) is 5.38. The number of morpholine rings is 1. The predicted octanol–water partition coefficient (Wildman–Crippen LogP) is 2.01. The van der Waals surface area contributed by atoms with Gasteiger partial charge in [0.05, 0.1) is 31.3 Å². The van der Waals surface area contributed by atoms with E-state index < -0.39 is 4.92 Å². The van der Waals surface area contributed by atoms with E-state index in [1.54, 1.807) is 12.1 Å². The summed E-state index contributed by atoms with van der Waals surface area (Å²) in [5.74, 6) is 1.26. The van der Waals surface area contributed by atoms with Crippen LogP contribution < -0.4 is 10.6 Å². The highest BCUT2D eigenvalue weighted by Crippen LogP contribution is 2.13. The second kappa shape index (κ2) is 13.0. The molecule has 2 N–H and O–H groups in total. The summed E-state index contributed by atoms with van der Waals surface area (Å²) in [7, 11) is 0. The summed E-state index contributed by atoms with van der Waals surface area (Å²) < 4.78 is 10.9. The molecule has 0 aromatic heterocycles. The number of nitro benzene ring substituents is 1. The monoisotopic (exact) mass is 533 g/mol. The van der Waals surface area contributed by atoms with Crippen LogP contribution in [-0.4, -0.2) is 74.4 Å². The van der Waals surface area contributed by atoms with E-state index in [9.17, 15) is 10.1 Å². The summed E-state index contributed by atoms with van der Waals surface area (Å²) in [6.07, 6.45) is 1.06. The first-order valence-electron chi connectivity index (χ1n) is 10.3. The van der Waals surface area contributed by atoms with Gasteiger partial charge in [-0.15, -0.1) is 24.0 Å². The van der Waals surface area contributed by atoms with Crippen molar-refractivity contribution in [3.8, 4) is 0 Å². The number of hydrogen-bond donors (Lipinski definition) is 2. The van der Waals surface area contributed by atoms with Crippen molar-refractivity contribution in [2.45, 2.75) is 25.9 Å². The van der Waals surface area contributed by atoms with Gasteiger partial charge in [-0.1, -0.05) is 12.1 Å². The number of ether oxygens (including phenoxy) is 2. The summed E-state index contributed by atoms with van der Waals surface area (Å²) in [5.41, 5.74) is 1.02. The standard InChI is InChI=1S/C20H31N5O4.HI/c1-16(24-7-10-28-11-8-24)12-21-20(23-14-18-6-9-29-15-18)22-13-17-2-4-19(5-3-17)25(26)27;/h2-5,16,18H,6-15H2,1H3,(H2,21,22,23);1H. The Kier molecular flexibility index (Phi) is 10.8. The fraction of sp³-hybridized carbons (Fsp3) is 0.650. The Balaban J connectivity index is 0.00000320. The van der Waals surface area contributed by atoms with E-state index in [2.05, 4.69) is 27.4 Å². The molecule has 0 saturated carbocycles. The molecular weight excluding hydrogens is 501 g/mol. The van der Waals surface area contributed by atoms with E-state index in [-0.39, 0.29) is 29.7 Å². The molecule has 2 heterocycles. The summed E-state index contributed by atoms with van der Waals surface area (Å²) in [5, 5.41) is 17.7. The van der Waals surface area contributed by atoms with Crippen LogP contribution in [0.5, 0.6) is 0 Å². The summed E-state index contributed by atoms with van der Waals surface area (Å²) in [6, 6.07) is 6.91. The third kappa shape index (κ3) is 7.97. The molecule has 0 radical (unpaired) electrons. The predicted molar refractivity (Wildman–Crippen MR) is 126 cm³/mol. The van der Waals surface area contributed by atoms with Crippen molar-refractivity contribution in [1.29, 1.82) is 0 Å². The lowest BCUT2D eigenvalue weighted by Crippen LogP contribution is -2.49. The molecule has 2 unspecified atom stereocenters. The smallest absolute Gasteiger partial charge is 0.269 e. The second-order valence-corrected chi connectivity index (χ2v) is 7.58. The minimum atomic E-state index is -0.391. The zero-order valence-corrected chi connectivity index (χ0v) is 19.7. The van der Waals surface area contributed by atoms with Crippen LogP contribution >= 0.6 is 24.0 Å². The van der Waals surface area contributed by atoms with Crippen molar-refractivity contribution in [3.05, 3.63) is 39.9 Å². The molecule has 1 aromatic rings. The van der Waals surface area contributed by atoms with E-state index in [1.807, 2.05) is 0 Å².